The quantitative estimate of drug-likeness (QED) is 0.479. The molecule has 31 heavy (non-hydrogen) atoms. The van der Waals surface area contributed by atoms with Gasteiger partial charge in [-0.3, -0.25) is 9.59 Å². The average molecular weight is 416 g/mol. The van der Waals surface area contributed by atoms with Crippen LogP contribution in [0.1, 0.15) is 61.6 Å². The molecule has 7 nitrogen and oxygen atoms in total. The Balaban J connectivity index is 1.92. The van der Waals surface area contributed by atoms with E-state index in [2.05, 4.69) is 0 Å². The number of rotatable bonds is 2. The molecule has 0 aromatic heterocycles. The Morgan fingerprint density at radius 1 is 0.806 bits per heavy atom. The third-order valence-electron chi connectivity index (χ3n) is 5.67. The van der Waals surface area contributed by atoms with E-state index in [0.717, 1.165) is 0 Å². The van der Waals surface area contributed by atoms with Gasteiger partial charge in [-0.25, -0.2) is 4.79 Å². The van der Waals surface area contributed by atoms with E-state index in [1.807, 2.05) is 0 Å². The standard InChI is InChI=1S/C24H16O7/c1-11(25)15-5-8-18-22(21(15)12(2)26)23(29)31-24(18)16-6-3-13(27)9-19(16)30-20-10-14(28)4-7-17(20)24/h3-10,27-28H,1-2H3. The van der Waals surface area contributed by atoms with Crippen LogP contribution in [0.5, 0.6) is 23.0 Å². The van der Waals surface area contributed by atoms with Crippen molar-refractivity contribution in [3.05, 3.63) is 81.9 Å². The molecule has 0 fully saturated rings. The van der Waals surface area contributed by atoms with Crippen LogP contribution in [-0.2, 0) is 10.3 Å². The van der Waals surface area contributed by atoms with Gasteiger partial charge in [0.05, 0.1) is 5.56 Å². The fraction of sp³-hybridized carbons (Fsp3) is 0.125. The SMILES string of the molecule is CC(=O)c1ccc2c(c1C(C)=O)C(=O)OC21c2ccc(O)cc2Oc2cc(O)ccc21. The Hall–Kier alpha value is -4.13. The van der Waals surface area contributed by atoms with E-state index in [9.17, 15) is 24.6 Å². The number of phenols is 2. The van der Waals surface area contributed by atoms with Crippen LogP contribution in [-0.4, -0.2) is 27.7 Å². The summed E-state index contributed by atoms with van der Waals surface area (Å²) in [5.74, 6) is -1.16. The number of carbonyl (C=O) groups excluding carboxylic acids is 3. The minimum Gasteiger partial charge on any atom is -0.508 e. The van der Waals surface area contributed by atoms with Gasteiger partial charge in [0.25, 0.3) is 0 Å². The zero-order valence-corrected chi connectivity index (χ0v) is 16.6. The number of aromatic hydroxyl groups is 2. The largest absolute Gasteiger partial charge is 0.508 e. The van der Waals surface area contributed by atoms with Crippen molar-refractivity contribution in [2.75, 3.05) is 0 Å². The number of fused-ring (bicyclic) bond motifs is 6. The zero-order valence-electron chi connectivity index (χ0n) is 16.6. The summed E-state index contributed by atoms with van der Waals surface area (Å²) in [7, 11) is 0. The number of ether oxygens (including phenoxy) is 2. The van der Waals surface area contributed by atoms with Crippen LogP contribution in [0.3, 0.4) is 0 Å². The first-order chi connectivity index (χ1) is 14.7. The van der Waals surface area contributed by atoms with Gasteiger partial charge in [0, 0.05) is 39.9 Å². The summed E-state index contributed by atoms with van der Waals surface area (Å²) in [5.41, 5.74) is -0.0180. The van der Waals surface area contributed by atoms with Crippen LogP contribution < -0.4 is 4.74 Å². The molecule has 0 unspecified atom stereocenters. The molecule has 1 spiro atoms. The summed E-state index contributed by atoms with van der Waals surface area (Å²) in [4.78, 5) is 37.8. The zero-order chi connectivity index (χ0) is 22.1. The summed E-state index contributed by atoms with van der Waals surface area (Å²) >= 11 is 0. The van der Waals surface area contributed by atoms with E-state index >= 15 is 0 Å². The molecule has 0 amide bonds. The number of ketones is 2. The lowest BCUT2D eigenvalue weighted by atomic mass is 9.76. The van der Waals surface area contributed by atoms with Gasteiger partial charge in [-0.15, -0.1) is 0 Å². The van der Waals surface area contributed by atoms with Crippen molar-refractivity contribution in [1.29, 1.82) is 0 Å². The van der Waals surface area contributed by atoms with Crippen molar-refractivity contribution in [1.82, 2.24) is 0 Å². The topological polar surface area (TPSA) is 110 Å². The molecule has 154 valence electrons. The second-order valence-corrected chi connectivity index (χ2v) is 7.56. The van der Waals surface area contributed by atoms with E-state index in [1.54, 1.807) is 18.2 Å². The lowest BCUT2D eigenvalue weighted by molar-refractivity contribution is 0.0223. The molecule has 5 rings (SSSR count). The average Bonchev–Trinajstić information content (AvgIpc) is 3.00. The molecule has 7 heteroatoms. The summed E-state index contributed by atoms with van der Waals surface area (Å²) in [6.45, 7) is 2.62. The number of benzene rings is 3. The van der Waals surface area contributed by atoms with E-state index in [1.165, 1.54) is 44.2 Å². The smallest absolute Gasteiger partial charge is 0.340 e. The summed E-state index contributed by atoms with van der Waals surface area (Å²) in [5, 5.41) is 19.9. The number of hydrogen-bond donors (Lipinski definition) is 2. The normalized spacial score (nSPS) is 14.8. The number of phenolic OH excluding ortho intramolecular Hbond substituents is 2. The van der Waals surface area contributed by atoms with Gasteiger partial charge in [0.1, 0.15) is 23.0 Å². The Morgan fingerprint density at radius 3 is 1.87 bits per heavy atom. The van der Waals surface area contributed by atoms with Gasteiger partial charge >= 0.3 is 5.97 Å². The molecule has 3 aromatic rings. The maximum Gasteiger partial charge on any atom is 0.340 e. The predicted octanol–water partition coefficient (Wildman–Crippen LogP) is 4.07. The number of carbonyl (C=O) groups is 3. The molecule has 2 N–H and O–H groups in total. The minimum atomic E-state index is -1.48. The predicted molar refractivity (Wildman–Crippen MR) is 108 cm³/mol. The van der Waals surface area contributed by atoms with E-state index in [4.69, 9.17) is 9.47 Å². The maximum absolute atomic E-state index is 13.2. The molecule has 2 aliphatic heterocycles. The molecule has 0 saturated carbocycles. The third kappa shape index (κ3) is 2.43. The van der Waals surface area contributed by atoms with Crippen LogP contribution in [0.15, 0.2) is 48.5 Å². The van der Waals surface area contributed by atoms with Gasteiger partial charge in [0.2, 0.25) is 0 Å². The lowest BCUT2D eigenvalue weighted by Crippen LogP contribution is -2.33. The fourth-order valence-corrected chi connectivity index (χ4v) is 4.45. The highest BCUT2D eigenvalue weighted by molar-refractivity contribution is 6.15. The second-order valence-electron chi connectivity index (χ2n) is 7.56. The summed E-state index contributed by atoms with van der Waals surface area (Å²) in [6.07, 6.45) is 0. The van der Waals surface area contributed by atoms with Gasteiger partial charge < -0.3 is 19.7 Å². The van der Waals surface area contributed by atoms with Crippen LogP contribution in [0.2, 0.25) is 0 Å². The molecular formula is C24H16O7. The summed E-state index contributed by atoms with van der Waals surface area (Å²) < 4.78 is 11.9. The third-order valence-corrected chi connectivity index (χ3v) is 5.67. The molecule has 0 radical (unpaired) electrons. The van der Waals surface area contributed by atoms with Crippen LogP contribution in [0.4, 0.5) is 0 Å². The number of hydrogen-bond acceptors (Lipinski definition) is 7. The summed E-state index contributed by atoms with van der Waals surface area (Å²) in [6, 6.07) is 11.9. The Labute approximate surface area is 176 Å². The second kappa shape index (κ2) is 6.18. The maximum atomic E-state index is 13.2. The van der Waals surface area contributed by atoms with Crippen molar-refractivity contribution in [2.24, 2.45) is 0 Å². The van der Waals surface area contributed by atoms with E-state index < -0.39 is 17.4 Å². The van der Waals surface area contributed by atoms with Crippen molar-refractivity contribution < 1.29 is 34.1 Å². The Bertz CT molecular complexity index is 1280. The monoisotopic (exact) mass is 416 g/mol. The van der Waals surface area contributed by atoms with Gasteiger partial charge in [0.15, 0.2) is 17.2 Å². The first-order valence-electron chi connectivity index (χ1n) is 9.51. The molecule has 3 aromatic carbocycles. The van der Waals surface area contributed by atoms with Gasteiger partial charge in [-0.05, 0) is 38.1 Å². The Kier molecular flexibility index (Phi) is 3.76. The molecule has 0 bridgehead atoms. The molecule has 0 atom stereocenters. The first kappa shape index (κ1) is 18.9. The number of Topliss-reactive ketones (excluding diaryl/α,β-unsaturated/α-hetero) is 2. The van der Waals surface area contributed by atoms with Crippen molar-refractivity contribution in [2.45, 2.75) is 19.4 Å². The Morgan fingerprint density at radius 2 is 1.35 bits per heavy atom. The highest BCUT2D eigenvalue weighted by Crippen LogP contribution is 2.57. The minimum absolute atomic E-state index is 0.0130. The molecule has 0 aliphatic carbocycles. The molecule has 0 saturated heterocycles. The van der Waals surface area contributed by atoms with Crippen molar-refractivity contribution >= 4 is 17.5 Å². The molecule has 2 heterocycles. The molecule has 2 aliphatic rings. The highest BCUT2D eigenvalue weighted by atomic mass is 16.6. The van der Waals surface area contributed by atoms with Crippen molar-refractivity contribution in [3.63, 3.8) is 0 Å². The van der Waals surface area contributed by atoms with Crippen molar-refractivity contribution in [3.8, 4) is 23.0 Å². The van der Waals surface area contributed by atoms with Crippen LogP contribution in [0.25, 0.3) is 0 Å². The lowest BCUT2D eigenvalue weighted by Gasteiger charge is -2.36. The molecular weight excluding hydrogens is 400 g/mol. The van der Waals surface area contributed by atoms with Crippen LogP contribution >= 0.6 is 0 Å². The van der Waals surface area contributed by atoms with Crippen LogP contribution in [0, 0.1) is 0 Å². The van der Waals surface area contributed by atoms with E-state index in [0.29, 0.717) is 16.7 Å². The first-order valence-corrected chi connectivity index (χ1v) is 9.51. The van der Waals surface area contributed by atoms with Gasteiger partial charge in [-0.2, -0.15) is 0 Å². The highest BCUT2D eigenvalue weighted by Gasteiger charge is 2.55. The van der Waals surface area contributed by atoms with Gasteiger partial charge in [-0.1, -0.05) is 12.1 Å². The van der Waals surface area contributed by atoms with E-state index in [-0.39, 0.29) is 45.5 Å². The fourth-order valence-electron chi connectivity index (χ4n) is 4.45. The number of esters is 1.